The maximum atomic E-state index is 12.7. The van der Waals surface area contributed by atoms with Crippen LogP contribution in [0, 0.1) is 0 Å². The van der Waals surface area contributed by atoms with Crippen molar-refractivity contribution in [2.24, 2.45) is 0 Å². The highest BCUT2D eigenvalue weighted by atomic mass is 16.1. The Labute approximate surface area is 166 Å². The Hall–Kier alpha value is -2.73. The van der Waals surface area contributed by atoms with Crippen LogP contribution in [0.25, 0.3) is 11.0 Å². The summed E-state index contributed by atoms with van der Waals surface area (Å²) in [5.74, 6) is -0.0711. The minimum atomic E-state index is -0.0711. The van der Waals surface area contributed by atoms with Gasteiger partial charge in [-0.05, 0) is 50.2 Å². The monoisotopic (exact) mass is 379 g/mol. The number of carbonyl (C=O) groups is 1. The Kier molecular flexibility index (Phi) is 6.76. The number of rotatable bonds is 9. The van der Waals surface area contributed by atoms with Gasteiger partial charge in [0.2, 0.25) is 0 Å². The lowest BCUT2D eigenvalue weighted by molar-refractivity contribution is 0.0935. The molecule has 0 saturated heterocycles. The average molecular weight is 380 g/mol. The van der Waals surface area contributed by atoms with E-state index in [1.54, 1.807) is 0 Å². The van der Waals surface area contributed by atoms with Gasteiger partial charge in [-0.15, -0.1) is 5.10 Å². The topological polar surface area (TPSA) is 63.1 Å². The minimum absolute atomic E-state index is 0.0711. The van der Waals surface area contributed by atoms with Gasteiger partial charge in [0.05, 0.1) is 5.52 Å². The molecule has 1 unspecified atom stereocenters. The normalized spacial score (nSPS) is 12.4. The second kappa shape index (κ2) is 9.46. The minimum Gasteiger partial charge on any atom is -0.350 e. The second-order valence-electron chi connectivity index (χ2n) is 6.88. The molecule has 0 saturated carbocycles. The molecule has 0 aliphatic carbocycles. The molecule has 3 aromatic rings. The number of carbonyl (C=O) groups excluding carboxylic acids is 1. The molecule has 0 bridgehead atoms. The fraction of sp³-hybridized carbons (Fsp3) is 0.409. The third-order valence-corrected chi connectivity index (χ3v) is 5.22. The molecule has 0 fully saturated rings. The molecular weight excluding hydrogens is 350 g/mol. The lowest BCUT2D eigenvalue weighted by atomic mass is 10.0. The van der Waals surface area contributed by atoms with Crippen molar-refractivity contribution in [1.82, 2.24) is 25.2 Å². The van der Waals surface area contributed by atoms with Crippen molar-refractivity contribution in [2.45, 2.75) is 39.8 Å². The van der Waals surface area contributed by atoms with Gasteiger partial charge in [-0.1, -0.05) is 49.4 Å². The number of amides is 1. The predicted molar refractivity (Wildman–Crippen MR) is 112 cm³/mol. The van der Waals surface area contributed by atoms with Crippen molar-refractivity contribution in [3.63, 3.8) is 0 Å². The molecular formula is C22H29N5O. The van der Waals surface area contributed by atoms with Crippen LogP contribution in [0.2, 0.25) is 0 Å². The summed E-state index contributed by atoms with van der Waals surface area (Å²) in [6.07, 6.45) is 0.909. The van der Waals surface area contributed by atoms with E-state index in [1.165, 1.54) is 5.56 Å². The zero-order valence-corrected chi connectivity index (χ0v) is 16.9. The van der Waals surface area contributed by atoms with Gasteiger partial charge in [-0.25, -0.2) is 4.68 Å². The van der Waals surface area contributed by atoms with Crippen molar-refractivity contribution in [3.8, 4) is 0 Å². The first-order valence-electron chi connectivity index (χ1n) is 10.1. The van der Waals surface area contributed by atoms with Gasteiger partial charge in [0.1, 0.15) is 5.52 Å². The second-order valence-corrected chi connectivity index (χ2v) is 6.88. The number of nitrogens with one attached hydrogen (secondary N) is 1. The Morgan fingerprint density at radius 2 is 1.86 bits per heavy atom. The predicted octanol–water partition coefficient (Wildman–Crippen LogP) is 3.13. The summed E-state index contributed by atoms with van der Waals surface area (Å²) in [6.45, 7) is 9.62. The third kappa shape index (κ3) is 4.57. The molecule has 6 heteroatoms. The van der Waals surface area contributed by atoms with Crippen LogP contribution >= 0.6 is 0 Å². The molecule has 1 atom stereocenters. The Bertz CT molecular complexity index is 902. The summed E-state index contributed by atoms with van der Waals surface area (Å²) in [5.41, 5.74) is 3.60. The van der Waals surface area contributed by atoms with Gasteiger partial charge < -0.3 is 5.32 Å². The van der Waals surface area contributed by atoms with Gasteiger partial charge in [0.25, 0.3) is 5.91 Å². The van der Waals surface area contributed by atoms with Crippen LogP contribution in [-0.2, 0) is 13.0 Å². The summed E-state index contributed by atoms with van der Waals surface area (Å²) in [7, 11) is 0. The molecule has 0 spiro atoms. The van der Waals surface area contributed by atoms with E-state index in [9.17, 15) is 4.79 Å². The standard InChI is InChI=1S/C22H29N5O/c1-4-26(5-2)19(14-17-10-8-7-9-11-17)16-23-22(28)18-12-13-21-20(15-18)24-25-27(21)6-3/h7-13,15,19H,4-6,14,16H2,1-3H3,(H,23,28). The smallest absolute Gasteiger partial charge is 0.251 e. The van der Waals surface area contributed by atoms with Crippen LogP contribution in [0.1, 0.15) is 36.7 Å². The number of likely N-dealkylation sites (N-methyl/N-ethyl adjacent to an activating group) is 1. The van der Waals surface area contributed by atoms with Gasteiger partial charge in [-0.2, -0.15) is 0 Å². The van der Waals surface area contributed by atoms with Gasteiger partial charge >= 0.3 is 0 Å². The van der Waals surface area contributed by atoms with Crippen LogP contribution in [0.5, 0.6) is 0 Å². The first-order chi connectivity index (χ1) is 13.7. The molecule has 1 heterocycles. The van der Waals surface area contributed by atoms with Crippen molar-refractivity contribution in [3.05, 3.63) is 59.7 Å². The first kappa shape index (κ1) is 20.0. The molecule has 148 valence electrons. The maximum absolute atomic E-state index is 12.7. The van der Waals surface area contributed by atoms with E-state index in [1.807, 2.05) is 35.9 Å². The maximum Gasteiger partial charge on any atom is 0.251 e. The highest BCUT2D eigenvalue weighted by Crippen LogP contribution is 2.14. The average Bonchev–Trinajstić information content (AvgIpc) is 3.15. The summed E-state index contributed by atoms with van der Waals surface area (Å²) in [6, 6.07) is 16.3. The number of benzene rings is 2. The number of fused-ring (bicyclic) bond motifs is 1. The van der Waals surface area contributed by atoms with Crippen molar-refractivity contribution < 1.29 is 4.79 Å². The molecule has 2 aromatic carbocycles. The number of hydrogen-bond acceptors (Lipinski definition) is 4. The summed E-state index contributed by atoms with van der Waals surface area (Å²) in [4.78, 5) is 15.1. The fourth-order valence-corrected chi connectivity index (χ4v) is 3.62. The lowest BCUT2D eigenvalue weighted by Crippen LogP contribution is -2.45. The molecule has 0 radical (unpaired) electrons. The number of aryl methyl sites for hydroxylation is 1. The van der Waals surface area contributed by atoms with Crippen molar-refractivity contribution in [1.29, 1.82) is 0 Å². The summed E-state index contributed by atoms with van der Waals surface area (Å²) >= 11 is 0. The number of aromatic nitrogens is 3. The summed E-state index contributed by atoms with van der Waals surface area (Å²) < 4.78 is 1.83. The molecule has 6 nitrogen and oxygen atoms in total. The van der Waals surface area contributed by atoms with E-state index >= 15 is 0 Å². The molecule has 0 aliphatic heterocycles. The van der Waals surface area contributed by atoms with Crippen LogP contribution in [0.15, 0.2) is 48.5 Å². The van der Waals surface area contributed by atoms with Crippen molar-refractivity contribution in [2.75, 3.05) is 19.6 Å². The van der Waals surface area contributed by atoms with Crippen LogP contribution < -0.4 is 5.32 Å². The van der Waals surface area contributed by atoms with Gasteiger partial charge in [0.15, 0.2) is 0 Å². The molecule has 28 heavy (non-hydrogen) atoms. The fourth-order valence-electron chi connectivity index (χ4n) is 3.62. The zero-order valence-electron chi connectivity index (χ0n) is 16.9. The third-order valence-electron chi connectivity index (χ3n) is 5.22. The highest BCUT2D eigenvalue weighted by molar-refractivity contribution is 5.97. The molecule has 3 rings (SSSR count). The molecule has 0 aliphatic rings. The van der Waals surface area contributed by atoms with E-state index in [4.69, 9.17) is 0 Å². The Morgan fingerprint density at radius 1 is 1.11 bits per heavy atom. The Morgan fingerprint density at radius 3 is 2.54 bits per heavy atom. The van der Waals surface area contributed by atoms with E-state index in [0.29, 0.717) is 12.1 Å². The number of hydrogen-bond donors (Lipinski definition) is 1. The van der Waals surface area contributed by atoms with Crippen molar-refractivity contribution >= 4 is 16.9 Å². The summed E-state index contributed by atoms with van der Waals surface area (Å²) in [5, 5.41) is 11.4. The van der Waals surface area contributed by atoms with E-state index in [-0.39, 0.29) is 11.9 Å². The number of nitrogens with zero attached hydrogens (tertiary/aromatic N) is 4. The SMILES string of the molecule is CCN(CC)C(CNC(=O)c1ccc2c(c1)nnn2CC)Cc1ccccc1. The van der Waals surface area contributed by atoms with E-state index < -0.39 is 0 Å². The lowest BCUT2D eigenvalue weighted by Gasteiger charge is -2.30. The first-order valence-corrected chi connectivity index (χ1v) is 10.1. The molecule has 1 amide bonds. The quantitative estimate of drug-likeness (QED) is 0.620. The largest absolute Gasteiger partial charge is 0.350 e. The van der Waals surface area contributed by atoms with Crippen LogP contribution in [0.4, 0.5) is 0 Å². The molecule has 1 aromatic heterocycles. The zero-order chi connectivity index (χ0) is 19.9. The van der Waals surface area contributed by atoms with E-state index in [2.05, 4.69) is 58.6 Å². The highest BCUT2D eigenvalue weighted by Gasteiger charge is 2.18. The Balaban J connectivity index is 1.70. The van der Waals surface area contributed by atoms with E-state index in [0.717, 1.165) is 37.1 Å². The van der Waals surface area contributed by atoms with Crippen LogP contribution in [-0.4, -0.2) is 51.5 Å². The molecule has 1 N–H and O–H groups in total. The van der Waals surface area contributed by atoms with Gasteiger partial charge in [0, 0.05) is 24.7 Å². The van der Waals surface area contributed by atoms with Gasteiger partial charge in [-0.3, -0.25) is 9.69 Å². The van der Waals surface area contributed by atoms with Crippen LogP contribution in [0.3, 0.4) is 0 Å².